The molecule has 3 rings (SSSR count). The Kier molecular flexibility index (Phi) is 4.06. The summed E-state index contributed by atoms with van der Waals surface area (Å²) in [5.41, 5.74) is 2.30. The fraction of sp³-hybridized carbons (Fsp3) is 0.438. The normalized spacial score (nSPS) is 16.8. The van der Waals surface area contributed by atoms with Gasteiger partial charge in [0, 0.05) is 24.2 Å². The van der Waals surface area contributed by atoms with E-state index in [1.165, 1.54) is 17.5 Å². The van der Waals surface area contributed by atoms with Gasteiger partial charge in [0.15, 0.2) is 0 Å². The SMILES string of the molecule is c1ccc2nc(CCCN3CCOCC3)ccc2c1. The molecular weight excluding hydrogens is 236 g/mol. The van der Waals surface area contributed by atoms with Crippen molar-refractivity contribution in [3.05, 3.63) is 42.1 Å². The number of hydrogen-bond acceptors (Lipinski definition) is 3. The summed E-state index contributed by atoms with van der Waals surface area (Å²) in [7, 11) is 0. The monoisotopic (exact) mass is 256 g/mol. The molecule has 0 aliphatic carbocycles. The van der Waals surface area contributed by atoms with Crippen molar-refractivity contribution >= 4 is 10.9 Å². The second-order valence-corrected chi connectivity index (χ2v) is 5.05. The maximum Gasteiger partial charge on any atom is 0.0705 e. The van der Waals surface area contributed by atoms with Gasteiger partial charge in [0.25, 0.3) is 0 Å². The van der Waals surface area contributed by atoms with Crippen LogP contribution in [0.3, 0.4) is 0 Å². The molecule has 0 saturated carbocycles. The van der Waals surface area contributed by atoms with Crippen LogP contribution in [0.25, 0.3) is 10.9 Å². The van der Waals surface area contributed by atoms with Gasteiger partial charge < -0.3 is 4.74 Å². The quantitative estimate of drug-likeness (QED) is 0.840. The van der Waals surface area contributed by atoms with Crippen molar-refractivity contribution in [3.63, 3.8) is 0 Å². The number of aryl methyl sites for hydroxylation is 1. The van der Waals surface area contributed by atoms with Crippen LogP contribution in [0, 0.1) is 0 Å². The van der Waals surface area contributed by atoms with Gasteiger partial charge in [0.05, 0.1) is 18.7 Å². The number of hydrogen-bond donors (Lipinski definition) is 0. The number of aromatic nitrogens is 1. The molecule has 19 heavy (non-hydrogen) atoms. The lowest BCUT2D eigenvalue weighted by Gasteiger charge is -2.26. The maximum atomic E-state index is 5.36. The number of morpholine rings is 1. The molecule has 3 nitrogen and oxygen atoms in total. The Morgan fingerprint density at radius 3 is 2.79 bits per heavy atom. The number of para-hydroxylation sites is 1. The van der Waals surface area contributed by atoms with E-state index in [9.17, 15) is 0 Å². The Labute approximate surface area is 114 Å². The summed E-state index contributed by atoms with van der Waals surface area (Å²) in [5, 5.41) is 1.22. The highest BCUT2D eigenvalue weighted by Crippen LogP contribution is 2.13. The first-order chi connectivity index (χ1) is 9.42. The van der Waals surface area contributed by atoms with Crippen molar-refractivity contribution in [2.75, 3.05) is 32.8 Å². The zero-order chi connectivity index (χ0) is 12.9. The Balaban J connectivity index is 1.56. The lowest BCUT2D eigenvalue weighted by Crippen LogP contribution is -2.36. The zero-order valence-electron chi connectivity index (χ0n) is 11.2. The topological polar surface area (TPSA) is 25.4 Å². The number of rotatable bonds is 4. The van der Waals surface area contributed by atoms with E-state index >= 15 is 0 Å². The van der Waals surface area contributed by atoms with E-state index in [0.717, 1.165) is 44.8 Å². The Morgan fingerprint density at radius 1 is 1.05 bits per heavy atom. The zero-order valence-corrected chi connectivity index (χ0v) is 11.2. The summed E-state index contributed by atoms with van der Waals surface area (Å²) >= 11 is 0. The number of benzene rings is 1. The van der Waals surface area contributed by atoms with Crippen LogP contribution in [0.15, 0.2) is 36.4 Å². The van der Waals surface area contributed by atoms with Crippen molar-refractivity contribution < 1.29 is 4.74 Å². The van der Waals surface area contributed by atoms with Crippen LogP contribution in [0.2, 0.25) is 0 Å². The minimum Gasteiger partial charge on any atom is -0.379 e. The van der Waals surface area contributed by atoms with Crippen LogP contribution < -0.4 is 0 Å². The highest BCUT2D eigenvalue weighted by Gasteiger charge is 2.09. The summed E-state index contributed by atoms with van der Waals surface area (Å²) in [4.78, 5) is 7.19. The lowest BCUT2D eigenvalue weighted by molar-refractivity contribution is 0.0374. The predicted molar refractivity (Wildman–Crippen MR) is 77.3 cm³/mol. The molecule has 0 bridgehead atoms. The van der Waals surface area contributed by atoms with Crippen molar-refractivity contribution in [1.29, 1.82) is 0 Å². The minimum absolute atomic E-state index is 0.883. The van der Waals surface area contributed by atoms with Gasteiger partial charge in [-0.15, -0.1) is 0 Å². The van der Waals surface area contributed by atoms with Gasteiger partial charge in [-0.25, -0.2) is 0 Å². The molecule has 0 radical (unpaired) electrons. The van der Waals surface area contributed by atoms with Gasteiger partial charge in [-0.1, -0.05) is 24.3 Å². The van der Waals surface area contributed by atoms with Crippen LogP contribution in [0.4, 0.5) is 0 Å². The van der Waals surface area contributed by atoms with Crippen LogP contribution in [-0.2, 0) is 11.2 Å². The average Bonchev–Trinajstić information content (AvgIpc) is 2.48. The molecule has 0 unspecified atom stereocenters. The van der Waals surface area contributed by atoms with Crippen molar-refractivity contribution in [2.24, 2.45) is 0 Å². The number of fused-ring (bicyclic) bond motifs is 1. The molecular formula is C16H20N2O. The molecule has 2 aromatic rings. The van der Waals surface area contributed by atoms with E-state index in [-0.39, 0.29) is 0 Å². The van der Waals surface area contributed by atoms with Crippen LogP contribution in [0.5, 0.6) is 0 Å². The van der Waals surface area contributed by atoms with E-state index < -0.39 is 0 Å². The molecule has 100 valence electrons. The number of ether oxygens (including phenoxy) is 1. The summed E-state index contributed by atoms with van der Waals surface area (Å²) < 4.78 is 5.36. The van der Waals surface area contributed by atoms with Crippen molar-refractivity contribution in [3.8, 4) is 0 Å². The third-order valence-electron chi connectivity index (χ3n) is 3.67. The van der Waals surface area contributed by atoms with Gasteiger partial charge in [-0.3, -0.25) is 9.88 Å². The third-order valence-corrected chi connectivity index (χ3v) is 3.67. The Hall–Kier alpha value is -1.45. The average molecular weight is 256 g/mol. The number of nitrogens with zero attached hydrogens (tertiary/aromatic N) is 2. The van der Waals surface area contributed by atoms with Gasteiger partial charge in [0.1, 0.15) is 0 Å². The first-order valence-corrected chi connectivity index (χ1v) is 7.06. The molecule has 0 atom stereocenters. The van der Waals surface area contributed by atoms with Crippen LogP contribution in [-0.4, -0.2) is 42.7 Å². The second kappa shape index (κ2) is 6.13. The minimum atomic E-state index is 0.883. The standard InChI is InChI=1S/C16H20N2O/c1-2-6-16-14(4-1)7-8-15(17-16)5-3-9-18-10-12-19-13-11-18/h1-2,4,6-8H,3,5,9-13H2. The van der Waals surface area contributed by atoms with E-state index in [1.54, 1.807) is 0 Å². The van der Waals surface area contributed by atoms with Crippen molar-refractivity contribution in [1.82, 2.24) is 9.88 Å². The summed E-state index contributed by atoms with van der Waals surface area (Å²) in [5.74, 6) is 0. The predicted octanol–water partition coefficient (Wildman–Crippen LogP) is 2.50. The summed E-state index contributed by atoms with van der Waals surface area (Å²) in [6, 6.07) is 12.6. The summed E-state index contributed by atoms with van der Waals surface area (Å²) in [6.07, 6.45) is 2.23. The number of pyridine rings is 1. The molecule has 1 aromatic carbocycles. The Bertz CT molecular complexity index is 535. The summed E-state index contributed by atoms with van der Waals surface area (Å²) in [6.45, 7) is 5.07. The smallest absolute Gasteiger partial charge is 0.0705 e. The molecule has 1 fully saturated rings. The fourth-order valence-electron chi connectivity index (χ4n) is 2.56. The highest BCUT2D eigenvalue weighted by molar-refractivity contribution is 5.78. The van der Waals surface area contributed by atoms with Gasteiger partial charge in [-0.2, -0.15) is 0 Å². The van der Waals surface area contributed by atoms with Gasteiger partial charge in [0.2, 0.25) is 0 Å². The van der Waals surface area contributed by atoms with Gasteiger partial charge in [-0.05, 0) is 31.5 Å². The lowest BCUT2D eigenvalue weighted by atomic mass is 10.1. The van der Waals surface area contributed by atoms with E-state index in [0.29, 0.717) is 0 Å². The van der Waals surface area contributed by atoms with E-state index in [4.69, 9.17) is 9.72 Å². The Morgan fingerprint density at radius 2 is 1.89 bits per heavy atom. The third kappa shape index (κ3) is 3.31. The molecule has 2 heterocycles. The van der Waals surface area contributed by atoms with E-state index in [1.807, 2.05) is 6.07 Å². The second-order valence-electron chi connectivity index (χ2n) is 5.05. The van der Waals surface area contributed by atoms with Gasteiger partial charge >= 0.3 is 0 Å². The fourth-order valence-corrected chi connectivity index (χ4v) is 2.56. The molecule has 0 N–H and O–H groups in total. The van der Waals surface area contributed by atoms with Crippen LogP contribution >= 0.6 is 0 Å². The first-order valence-electron chi connectivity index (χ1n) is 7.06. The molecule has 1 aliphatic rings. The highest BCUT2D eigenvalue weighted by atomic mass is 16.5. The molecule has 3 heteroatoms. The molecule has 0 spiro atoms. The molecule has 1 saturated heterocycles. The molecule has 0 amide bonds. The largest absolute Gasteiger partial charge is 0.379 e. The van der Waals surface area contributed by atoms with E-state index in [2.05, 4.69) is 35.2 Å². The van der Waals surface area contributed by atoms with Crippen molar-refractivity contribution in [2.45, 2.75) is 12.8 Å². The molecule has 1 aromatic heterocycles. The first kappa shape index (κ1) is 12.6. The maximum absolute atomic E-state index is 5.36. The van der Waals surface area contributed by atoms with Crippen LogP contribution in [0.1, 0.15) is 12.1 Å². The molecule has 1 aliphatic heterocycles.